The van der Waals surface area contributed by atoms with E-state index >= 15 is 0 Å². The minimum atomic E-state index is -0.765. The molecule has 1 fully saturated rings. The van der Waals surface area contributed by atoms with E-state index < -0.39 is 12.0 Å². The molecule has 0 amide bonds. The Labute approximate surface area is 107 Å². The van der Waals surface area contributed by atoms with E-state index in [0.29, 0.717) is 0 Å². The predicted octanol–water partition coefficient (Wildman–Crippen LogP) is 2.21. The van der Waals surface area contributed by atoms with Crippen LogP contribution in [0.25, 0.3) is 0 Å². The quantitative estimate of drug-likeness (QED) is 0.811. The molecule has 1 aliphatic rings. The van der Waals surface area contributed by atoms with Gasteiger partial charge in [-0.05, 0) is 31.7 Å². The standard InChI is InChI=1S/C14H19NO3/c1-9(11-5-3-4-6-12(11)18-2)15-13(14(16)17)10-7-8-10/h3-6,9-10,13,15H,7-8H2,1-2H3,(H,16,17)/t9-,13?/m1/s1. The Morgan fingerprint density at radius 3 is 2.67 bits per heavy atom. The highest BCUT2D eigenvalue weighted by Crippen LogP contribution is 2.34. The van der Waals surface area contributed by atoms with Crippen molar-refractivity contribution in [3.8, 4) is 5.75 Å². The van der Waals surface area contributed by atoms with E-state index in [-0.39, 0.29) is 12.0 Å². The van der Waals surface area contributed by atoms with Crippen LogP contribution < -0.4 is 10.1 Å². The Kier molecular flexibility index (Phi) is 3.87. The van der Waals surface area contributed by atoms with Gasteiger partial charge in [-0.3, -0.25) is 10.1 Å². The number of aliphatic carboxylic acids is 1. The van der Waals surface area contributed by atoms with Crippen molar-refractivity contribution in [1.82, 2.24) is 5.32 Å². The van der Waals surface area contributed by atoms with Crippen LogP contribution in [-0.2, 0) is 4.79 Å². The first-order chi connectivity index (χ1) is 8.63. The van der Waals surface area contributed by atoms with Crippen LogP contribution in [0.1, 0.15) is 31.4 Å². The van der Waals surface area contributed by atoms with Gasteiger partial charge in [-0.25, -0.2) is 0 Å². The van der Waals surface area contributed by atoms with Gasteiger partial charge in [-0.2, -0.15) is 0 Å². The molecule has 0 saturated heterocycles. The molecule has 0 radical (unpaired) electrons. The lowest BCUT2D eigenvalue weighted by atomic mass is 10.0. The molecule has 2 rings (SSSR count). The zero-order valence-electron chi connectivity index (χ0n) is 10.7. The largest absolute Gasteiger partial charge is 0.496 e. The van der Waals surface area contributed by atoms with Crippen molar-refractivity contribution in [2.24, 2.45) is 5.92 Å². The lowest BCUT2D eigenvalue weighted by Gasteiger charge is -2.21. The van der Waals surface area contributed by atoms with E-state index in [2.05, 4.69) is 5.32 Å². The summed E-state index contributed by atoms with van der Waals surface area (Å²) in [5, 5.41) is 12.4. The third-order valence-electron chi connectivity index (χ3n) is 3.39. The molecule has 18 heavy (non-hydrogen) atoms. The number of carboxylic acids is 1. The Morgan fingerprint density at radius 2 is 2.11 bits per heavy atom. The van der Waals surface area contributed by atoms with Crippen LogP contribution >= 0.6 is 0 Å². The molecular weight excluding hydrogens is 230 g/mol. The van der Waals surface area contributed by atoms with Crippen LogP contribution in [0.3, 0.4) is 0 Å². The number of ether oxygens (including phenoxy) is 1. The van der Waals surface area contributed by atoms with Gasteiger partial charge in [0.05, 0.1) is 7.11 Å². The fourth-order valence-electron chi connectivity index (χ4n) is 2.22. The number of hydrogen-bond donors (Lipinski definition) is 2. The highest BCUT2D eigenvalue weighted by Gasteiger charge is 2.37. The van der Waals surface area contributed by atoms with Crippen molar-refractivity contribution in [3.63, 3.8) is 0 Å². The number of hydrogen-bond acceptors (Lipinski definition) is 3. The second-order valence-corrected chi connectivity index (χ2v) is 4.78. The van der Waals surface area contributed by atoms with Gasteiger partial charge in [0, 0.05) is 11.6 Å². The van der Waals surface area contributed by atoms with Crippen molar-refractivity contribution in [2.45, 2.75) is 31.8 Å². The van der Waals surface area contributed by atoms with Crippen LogP contribution in [0, 0.1) is 5.92 Å². The molecule has 0 aliphatic heterocycles. The third kappa shape index (κ3) is 2.82. The molecule has 1 unspecified atom stereocenters. The summed E-state index contributed by atoms with van der Waals surface area (Å²) in [6.07, 6.45) is 2.01. The highest BCUT2D eigenvalue weighted by molar-refractivity contribution is 5.74. The minimum Gasteiger partial charge on any atom is -0.496 e. The molecule has 1 aliphatic carbocycles. The van der Waals surface area contributed by atoms with Crippen LogP contribution in [0.2, 0.25) is 0 Å². The van der Waals surface area contributed by atoms with E-state index in [0.717, 1.165) is 24.2 Å². The molecule has 2 atom stereocenters. The van der Waals surface area contributed by atoms with Gasteiger partial charge in [-0.15, -0.1) is 0 Å². The predicted molar refractivity (Wildman–Crippen MR) is 68.7 cm³/mol. The Balaban J connectivity index is 2.10. The summed E-state index contributed by atoms with van der Waals surface area (Å²) in [6.45, 7) is 1.97. The SMILES string of the molecule is COc1ccccc1[C@@H](C)NC(C(=O)O)C1CC1. The van der Waals surface area contributed by atoms with E-state index in [1.165, 1.54) is 0 Å². The summed E-state index contributed by atoms with van der Waals surface area (Å²) in [6, 6.07) is 7.20. The first-order valence-electron chi connectivity index (χ1n) is 6.25. The Bertz CT molecular complexity index is 429. The normalized spacial score (nSPS) is 18.1. The van der Waals surface area contributed by atoms with Crippen LogP contribution in [0.5, 0.6) is 5.75 Å². The number of benzene rings is 1. The fraction of sp³-hybridized carbons (Fsp3) is 0.500. The maximum atomic E-state index is 11.2. The number of para-hydroxylation sites is 1. The number of methoxy groups -OCH3 is 1. The summed E-state index contributed by atoms with van der Waals surface area (Å²) in [7, 11) is 1.63. The molecule has 0 aromatic heterocycles. The second kappa shape index (κ2) is 5.40. The van der Waals surface area contributed by atoms with E-state index in [4.69, 9.17) is 4.74 Å². The van der Waals surface area contributed by atoms with Crippen molar-refractivity contribution in [3.05, 3.63) is 29.8 Å². The number of nitrogens with one attached hydrogen (secondary N) is 1. The maximum absolute atomic E-state index is 11.2. The topological polar surface area (TPSA) is 58.6 Å². The maximum Gasteiger partial charge on any atom is 0.320 e. The van der Waals surface area contributed by atoms with Crippen LogP contribution in [-0.4, -0.2) is 24.2 Å². The Morgan fingerprint density at radius 1 is 1.44 bits per heavy atom. The first-order valence-corrected chi connectivity index (χ1v) is 6.25. The average molecular weight is 249 g/mol. The lowest BCUT2D eigenvalue weighted by Crippen LogP contribution is -2.40. The summed E-state index contributed by atoms with van der Waals surface area (Å²) in [5.41, 5.74) is 0.993. The zero-order valence-corrected chi connectivity index (χ0v) is 10.7. The molecule has 1 saturated carbocycles. The monoisotopic (exact) mass is 249 g/mol. The summed E-state index contributed by atoms with van der Waals surface area (Å²) >= 11 is 0. The average Bonchev–Trinajstić information content (AvgIpc) is 3.19. The van der Waals surface area contributed by atoms with Crippen LogP contribution in [0.15, 0.2) is 24.3 Å². The van der Waals surface area contributed by atoms with Crippen molar-refractivity contribution in [2.75, 3.05) is 7.11 Å². The van der Waals surface area contributed by atoms with Gasteiger partial charge < -0.3 is 9.84 Å². The highest BCUT2D eigenvalue weighted by atomic mass is 16.5. The molecule has 1 aromatic rings. The molecule has 4 heteroatoms. The molecule has 2 N–H and O–H groups in total. The number of rotatable bonds is 6. The zero-order chi connectivity index (χ0) is 13.1. The van der Waals surface area contributed by atoms with Gasteiger partial charge in [0.25, 0.3) is 0 Å². The van der Waals surface area contributed by atoms with Crippen LogP contribution in [0.4, 0.5) is 0 Å². The number of carbonyl (C=O) groups is 1. The van der Waals surface area contributed by atoms with Crippen molar-refractivity contribution in [1.29, 1.82) is 0 Å². The van der Waals surface area contributed by atoms with E-state index in [1.54, 1.807) is 7.11 Å². The molecule has 1 aromatic carbocycles. The van der Waals surface area contributed by atoms with E-state index in [1.807, 2.05) is 31.2 Å². The summed E-state index contributed by atoms with van der Waals surface area (Å²) in [4.78, 5) is 11.2. The van der Waals surface area contributed by atoms with Gasteiger partial charge >= 0.3 is 5.97 Å². The first kappa shape index (κ1) is 12.9. The van der Waals surface area contributed by atoms with Gasteiger partial charge in [0.15, 0.2) is 0 Å². The van der Waals surface area contributed by atoms with Gasteiger partial charge in [-0.1, -0.05) is 18.2 Å². The molecular formula is C14H19NO3. The lowest BCUT2D eigenvalue weighted by molar-refractivity contribution is -0.140. The number of carboxylic acid groups (broad SMARTS) is 1. The van der Waals surface area contributed by atoms with Gasteiger partial charge in [0.2, 0.25) is 0 Å². The molecule has 98 valence electrons. The van der Waals surface area contributed by atoms with Gasteiger partial charge in [0.1, 0.15) is 11.8 Å². The van der Waals surface area contributed by atoms with Crippen molar-refractivity contribution >= 4 is 5.97 Å². The summed E-state index contributed by atoms with van der Waals surface area (Å²) < 4.78 is 5.30. The molecule has 4 nitrogen and oxygen atoms in total. The second-order valence-electron chi connectivity index (χ2n) is 4.78. The smallest absolute Gasteiger partial charge is 0.320 e. The minimum absolute atomic E-state index is 0.0390. The Hall–Kier alpha value is -1.55. The summed E-state index contributed by atoms with van der Waals surface area (Å²) in [5.74, 6) is 0.302. The molecule has 0 heterocycles. The third-order valence-corrected chi connectivity index (χ3v) is 3.39. The molecule has 0 spiro atoms. The van der Waals surface area contributed by atoms with Crippen molar-refractivity contribution < 1.29 is 14.6 Å². The fourth-order valence-corrected chi connectivity index (χ4v) is 2.22. The van der Waals surface area contributed by atoms with E-state index in [9.17, 15) is 9.90 Å². The molecule has 0 bridgehead atoms.